The van der Waals surface area contributed by atoms with Crippen molar-refractivity contribution in [2.75, 3.05) is 46.8 Å². The maximum absolute atomic E-state index is 13.2. The highest BCUT2D eigenvalue weighted by molar-refractivity contribution is 5.96. The van der Waals surface area contributed by atoms with Crippen LogP contribution in [0.15, 0.2) is 53.5 Å². The van der Waals surface area contributed by atoms with Crippen molar-refractivity contribution in [3.8, 4) is 0 Å². The molecule has 66 heavy (non-hydrogen) atoms. The van der Waals surface area contributed by atoms with E-state index in [9.17, 15) is 33.6 Å². The lowest BCUT2D eigenvalue weighted by Crippen LogP contribution is -2.56. The van der Waals surface area contributed by atoms with E-state index in [-0.39, 0.29) is 38.4 Å². The molecule has 2 fully saturated rings. The fraction of sp³-hybridized carbons (Fsp3) is 0.583. The number of primary amides is 1. The maximum Gasteiger partial charge on any atom is 0.246 e. The Morgan fingerprint density at radius 1 is 0.667 bits per heavy atom. The Balaban J connectivity index is 0.000000328. The number of nitrogens with two attached hydrogens (primary N) is 2. The Morgan fingerprint density at radius 2 is 1.17 bits per heavy atom. The molecule has 2 aliphatic heterocycles. The van der Waals surface area contributed by atoms with Crippen molar-refractivity contribution in [3.05, 3.63) is 70.8 Å². The van der Waals surface area contributed by atoms with E-state index >= 15 is 0 Å². The average Bonchev–Trinajstić information content (AvgIpc) is 4.07. The molecule has 0 radical (unpaired) electrons. The highest BCUT2D eigenvalue weighted by Crippen LogP contribution is 2.32. The molecular weight excluding hydrogens is 843 g/mol. The molecule has 10 N–H and O–H groups in total. The number of aryl methyl sites for hydroxylation is 3. The third-order valence-electron chi connectivity index (χ3n) is 12.6. The van der Waals surface area contributed by atoms with Gasteiger partial charge in [0.05, 0.1) is 37.3 Å². The predicted octanol–water partition coefficient (Wildman–Crippen LogP) is 0.899. The second kappa shape index (κ2) is 27.6. The number of rotatable bonds is 17. The number of amides is 7. The quantitative estimate of drug-likeness (QED) is 0.0632. The number of nitrogens with one attached hydrogen (secondary N) is 6. The topological polar surface area (TPSA) is 263 Å². The third kappa shape index (κ3) is 16.2. The van der Waals surface area contributed by atoms with Crippen LogP contribution in [0.4, 0.5) is 0 Å². The SMILES string of the molecule is CNC(C)C(=O)N[C@@H](CC(=O)NCCNC(=O)CC(NC(=O)[C@H](C)NC)C(=O)N1CCCC1)C(=O)N1CCCC1C(N)=O.NC=NC1CCCc2ccccc21.c1ccc2c(c1)CCCC2. The summed E-state index contributed by atoms with van der Waals surface area (Å²) in [6.45, 7) is 4.68. The fourth-order valence-electron chi connectivity index (χ4n) is 8.52. The van der Waals surface area contributed by atoms with Crippen LogP contribution in [0.1, 0.15) is 106 Å². The molecule has 6 rings (SSSR count). The van der Waals surface area contributed by atoms with Crippen LogP contribution in [0.25, 0.3) is 0 Å². The first-order chi connectivity index (χ1) is 31.8. The molecule has 2 aromatic carbocycles. The fourth-order valence-corrected chi connectivity index (χ4v) is 8.52. The monoisotopic (exact) mass is 916 g/mol. The summed E-state index contributed by atoms with van der Waals surface area (Å²) < 4.78 is 0. The summed E-state index contributed by atoms with van der Waals surface area (Å²) in [6.07, 6.45) is 12.4. The third-order valence-corrected chi connectivity index (χ3v) is 12.6. The Kier molecular flexibility index (Phi) is 22.0. The van der Waals surface area contributed by atoms with E-state index in [4.69, 9.17) is 11.5 Å². The van der Waals surface area contributed by atoms with Gasteiger partial charge in [0.15, 0.2) is 0 Å². The van der Waals surface area contributed by atoms with Gasteiger partial charge in [0.2, 0.25) is 41.4 Å². The van der Waals surface area contributed by atoms with Crippen LogP contribution in [0, 0.1) is 0 Å². The van der Waals surface area contributed by atoms with E-state index < -0.39 is 65.7 Å². The number of hydrogen-bond acceptors (Lipinski definition) is 10. The second-order valence-electron chi connectivity index (χ2n) is 17.3. The van der Waals surface area contributed by atoms with Crippen molar-refractivity contribution >= 4 is 47.7 Å². The summed E-state index contributed by atoms with van der Waals surface area (Å²) in [7, 11) is 3.19. The van der Waals surface area contributed by atoms with Crippen molar-refractivity contribution in [3.63, 3.8) is 0 Å². The first kappa shape index (κ1) is 52.7. The van der Waals surface area contributed by atoms with Crippen LogP contribution in [0.5, 0.6) is 0 Å². The molecule has 0 bridgehead atoms. The Hall–Kier alpha value is -5.88. The lowest BCUT2D eigenvalue weighted by molar-refractivity contribution is -0.142. The first-order valence-electron chi connectivity index (χ1n) is 23.5. The summed E-state index contributed by atoms with van der Waals surface area (Å²) in [5.74, 6) is -3.50. The molecule has 2 heterocycles. The van der Waals surface area contributed by atoms with E-state index in [1.54, 1.807) is 44.0 Å². The van der Waals surface area contributed by atoms with Gasteiger partial charge in [-0.1, -0.05) is 48.5 Å². The number of likely N-dealkylation sites (N-methyl/N-ethyl adjacent to an activating group) is 2. The maximum atomic E-state index is 13.2. The Labute approximate surface area is 389 Å². The van der Waals surface area contributed by atoms with E-state index in [2.05, 4.69) is 85.4 Å². The summed E-state index contributed by atoms with van der Waals surface area (Å²) >= 11 is 0. The predicted molar refractivity (Wildman–Crippen MR) is 254 cm³/mol. The van der Waals surface area contributed by atoms with Gasteiger partial charge in [-0.25, -0.2) is 0 Å². The molecule has 362 valence electrons. The van der Waals surface area contributed by atoms with Gasteiger partial charge < -0.3 is 53.2 Å². The van der Waals surface area contributed by atoms with Crippen LogP contribution in [0.2, 0.25) is 0 Å². The van der Waals surface area contributed by atoms with E-state index in [0.717, 1.165) is 19.3 Å². The minimum atomic E-state index is -1.22. The van der Waals surface area contributed by atoms with E-state index in [0.29, 0.717) is 32.0 Å². The standard InChI is InChI=1S/C27H47N9O7.C11H14N2.C10H12/c1-16(29-3)24(40)33-18(26(42)35-11-5-6-12-35)14-21(37)31-9-10-32-22(38)15-19(34-25(41)17(2)30-4)27(43)36-13-7-8-20(36)23(28)39;12-8-13-11-7-3-5-9-4-1-2-6-10(9)11;1-2-6-10-8-4-3-7-9(10)5-1/h16-20,29-30H,5-15H2,1-4H3,(H2,28,39)(H,31,37)(H,32,38)(H,33,40)(H,34,41);1-2,4,6,8,11H,3,5,7H2,(H2,12,13);1-2,5-6H,3-4,7-8H2/t16-,17?,18?,19-,20?;;/m0../s1. The lowest BCUT2D eigenvalue weighted by Gasteiger charge is -2.28. The summed E-state index contributed by atoms with van der Waals surface area (Å²) in [6, 6.07) is 13.4. The van der Waals surface area contributed by atoms with Crippen LogP contribution in [0.3, 0.4) is 0 Å². The molecule has 18 heteroatoms. The summed E-state index contributed by atoms with van der Waals surface area (Å²) in [5.41, 5.74) is 16.7. The largest absolute Gasteiger partial charge is 0.390 e. The van der Waals surface area contributed by atoms with Gasteiger partial charge in [0.1, 0.15) is 18.1 Å². The Morgan fingerprint density at radius 3 is 1.68 bits per heavy atom. The van der Waals surface area contributed by atoms with Crippen molar-refractivity contribution in [1.82, 2.24) is 41.7 Å². The number of benzene rings is 2. The minimum Gasteiger partial charge on any atom is -0.390 e. The van der Waals surface area contributed by atoms with E-state index in [1.807, 2.05) is 0 Å². The van der Waals surface area contributed by atoms with Gasteiger partial charge in [-0.2, -0.15) is 0 Å². The van der Waals surface area contributed by atoms with Crippen molar-refractivity contribution in [1.29, 1.82) is 0 Å². The van der Waals surface area contributed by atoms with Gasteiger partial charge in [-0.05, 0) is 121 Å². The Bertz CT molecular complexity index is 1950. The van der Waals surface area contributed by atoms with Gasteiger partial charge in [-0.3, -0.25) is 38.6 Å². The lowest BCUT2D eigenvalue weighted by atomic mass is 9.88. The smallest absolute Gasteiger partial charge is 0.246 e. The molecule has 18 nitrogen and oxygen atoms in total. The molecule has 0 spiro atoms. The van der Waals surface area contributed by atoms with Gasteiger partial charge >= 0.3 is 0 Å². The van der Waals surface area contributed by atoms with Crippen molar-refractivity contribution in [2.45, 2.75) is 134 Å². The van der Waals surface area contributed by atoms with Crippen LogP contribution < -0.4 is 43.4 Å². The molecular formula is C48H73N11O7. The highest BCUT2D eigenvalue weighted by atomic mass is 16.2. The number of hydrogen-bond donors (Lipinski definition) is 8. The zero-order valence-electron chi connectivity index (χ0n) is 39.2. The second-order valence-corrected chi connectivity index (χ2v) is 17.3. The molecule has 2 aromatic rings. The zero-order chi connectivity index (χ0) is 48.0. The molecule has 4 aliphatic rings. The average molecular weight is 916 g/mol. The van der Waals surface area contributed by atoms with Gasteiger partial charge in [0.25, 0.3) is 0 Å². The number of aliphatic imine (C=N–C) groups is 1. The number of likely N-dealkylation sites (tertiary alicyclic amines) is 2. The van der Waals surface area contributed by atoms with Crippen molar-refractivity contribution < 1.29 is 33.6 Å². The first-order valence-corrected chi connectivity index (χ1v) is 23.5. The molecule has 2 saturated heterocycles. The number of nitrogens with zero attached hydrogens (tertiary/aromatic N) is 3. The zero-order valence-corrected chi connectivity index (χ0v) is 39.2. The van der Waals surface area contributed by atoms with Crippen LogP contribution in [-0.2, 0) is 52.8 Å². The molecule has 2 aliphatic carbocycles. The minimum absolute atomic E-state index is 0.00780. The van der Waals surface area contributed by atoms with Gasteiger partial charge in [-0.15, -0.1) is 0 Å². The summed E-state index contributed by atoms with van der Waals surface area (Å²) in [4.78, 5) is 95.5. The number of fused-ring (bicyclic) bond motifs is 2. The molecule has 7 amide bonds. The molecule has 6 atom stereocenters. The number of carbonyl (C=O) groups excluding carboxylic acids is 7. The molecule has 0 aromatic heterocycles. The summed E-state index contributed by atoms with van der Waals surface area (Å²) in [5, 5.41) is 16.0. The van der Waals surface area contributed by atoms with Crippen molar-refractivity contribution in [2.24, 2.45) is 16.5 Å². The molecule has 4 unspecified atom stereocenters. The van der Waals surface area contributed by atoms with E-state index in [1.165, 1.54) is 60.9 Å². The van der Waals surface area contributed by atoms with Crippen LogP contribution >= 0.6 is 0 Å². The highest BCUT2D eigenvalue weighted by Gasteiger charge is 2.38. The molecule has 0 saturated carbocycles. The normalized spacial score (nSPS) is 19.2. The van der Waals surface area contributed by atoms with Gasteiger partial charge in [0, 0.05) is 32.7 Å². The van der Waals surface area contributed by atoms with Crippen LogP contribution in [-0.4, -0.2) is 135 Å². The number of carbonyl (C=O) groups is 7.